The van der Waals surface area contributed by atoms with Crippen LogP contribution in [0.25, 0.3) is 0 Å². The van der Waals surface area contributed by atoms with Crippen LogP contribution >= 0.6 is 0 Å². The first-order chi connectivity index (χ1) is 9.90. The lowest BCUT2D eigenvalue weighted by Crippen LogP contribution is -2.26. The van der Waals surface area contributed by atoms with Crippen LogP contribution in [-0.2, 0) is 14.8 Å². The molecule has 0 spiro atoms. The molecule has 0 bridgehead atoms. The summed E-state index contributed by atoms with van der Waals surface area (Å²) in [6.45, 7) is 2.03. The maximum atomic E-state index is 12.3. The lowest BCUT2D eigenvalue weighted by atomic mass is 10.1. The number of carbonyl (C=O) groups is 1. The third kappa shape index (κ3) is 4.44. The van der Waals surface area contributed by atoms with Gasteiger partial charge < -0.3 is 10.4 Å². The molecule has 3 N–H and O–H groups in total. The van der Waals surface area contributed by atoms with E-state index in [1.54, 1.807) is 31.2 Å². The van der Waals surface area contributed by atoms with Crippen molar-refractivity contribution in [3.05, 3.63) is 24.3 Å². The highest BCUT2D eigenvalue weighted by Gasteiger charge is 2.29. The second-order valence-electron chi connectivity index (χ2n) is 5.35. The first kappa shape index (κ1) is 15.8. The van der Waals surface area contributed by atoms with Gasteiger partial charge in [0.15, 0.2) is 0 Å². The highest BCUT2D eigenvalue weighted by Crippen LogP contribution is 2.26. The zero-order chi connectivity index (χ0) is 15.5. The normalized spacial score (nSPS) is 16.4. The summed E-state index contributed by atoms with van der Waals surface area (Å²) in [6.07, 6.45) is 2.19. The SMILES string of the molecule is CC(CCNc1ccccc1S(=O)(=O)NC1CC1)C(=O)O. The van der Waals surface area contributed by atoms with Crippen molar-refractivity contribution in [3.8, 4) is 0 Å². The summed E-state index contributed by atoms with van der Waals surface area (Å²) < 4.78 is 27.2. The van der Waals surface area contributed by atoms with Crippen molar-refractivity contribution in [1.82, 2.24) is 4.72 Å². The molecule has 1 aromatic rings. The number of para-hydroxylation sites is 1. The van der Waals surface area contributed by atoms with Crippen LogP contribution in [0.3, 0.4) is 0 Å². The topological polar surface area (TPSA) is 95.5 Å². The fourth-order valence-corrected chi connectivity index (χ4v) is 3.37. The van der Waals surface area contributed by atoms with Gasteiger partial charge in [-0.15, -0.1) is 0 Å². The molecule has 1 saturated carbocycles. The summed E-state index contributed by atoms with van der Waals surface area (Å²) in [6, 6.07) is 6.71. The van der Waals surface area contributed by atoms with Gasteiger partial charge in [0, 0.05) is 12.6 Å². The first-order valence-corrected chi connectivity index (χ1v) is 8.46. The standard InChI is InChI=1S/C14H20N2O4S/c1-10(14(17)18)8-9-15-12-4-2-3-5-13(12)21(19,20)16-11-6-7-11/h2-5,10-11,15-16H,6-9H2,1H3,(H,17,18). The van der Waals surface area contributed by atoms with Crippen LogP contribution in [0.1, 0.15) is 26.2 Å². The Morgan fingerprint density at radius 3 is 2.67 bits per heavy atom. The quantitative estimate of drug-likeness (QED) is 0.678. The number of benzene rings is 1. The predicted molar refractivity (Wildman–Crippen MR) is 79.7 cm³/mol. The van der Waals surface area contributed by atoms with Crippen LogP contribution in [0.4, 0.5) is 5.69 Å². The van der Waals surface area contributed by atoms with Crippen LogP contribution in [0.15, 0.2) is 29.2 Å². The Morgan fingerprint density at radius 1 is 1.38 bits per heavy atom. The van der Waals surface area contributed by atoms with Crippen LogP contribution in [0.2, 0.25) is 0 Å². The third-order valence-corrected chi connectivity index (χ3v) is 4.97. The zero-order valence-electron chi connectivity index (χ0n) is 11.9. The summed E-state index contributed by atoms with van der Waals surface area (Å²) in [4.78, 5) is 11.0. The Morgan fingerprint density at radius 2 is 2.05 bits per heavy atom. The van der Waals surface area contributed by atoms with Crippen molar-refractivity contribution in [2.75, 3.05) is 11.9 Å². The Hall–Kier alpha value is -1.60. The minimum atomic E-state index is -3.52. The van der Waals surface area contributed by atoms with E-state index in [4.69, 9.17) is 5.11 Å². The van der Waals surface area contributed by atoms with Gasteiger partial charge in [0.2, 0.25) is 10.0 Å². The van der Waals surface area contributed by atoms with Crippen LogP contribution in [0, 0.1) is 5.92 Å². The second kappa shape index (κ2) is 6.44. The van der Waals surface area contributed by atoms with Gasteiger partial charge in [0.05, 0.1) is 11.6 Å². The molecule has 0 radical (unpaired) electrons. The summed E-state index contributed by atoms with van der Waals surface area (Å²) in [7, 11) is -3.52. The van der Waals surface area contributed by atoms with Crippen LogP contribution in [-0.4, -0.2) is 32.1 Å². The maximum Gasteiger partial charge on any atom is 0.306 e. The van der Waals surface area contributed by atoms with Crippen molar-refractivity contribution in [1.29, 1.82) is 0 Å². The molecule has 21 heavy (non-hydrogen) atoms. The highest BCUT2D eigenvalue weighted by molar-refractivity contribution is 7.89. The van der Waals surface area contributed by atoms with Gasteiger partial charge in [-0.3, -0.25) is 4.79 Å². The average molecular weight is 312 g/mol. The van der Waals surface area contributed by atoms with E-state index in [0.717, 1.165) is 12.8 Å². The summed E-state index contributed by atoms with van der Waals surface area (Å²) >= 11 is 0. The first-order valence-electron chi connectivity index (χ1n) is 6.98. The molecule has 7 heteroatoms. The van der Waals surface area contributed by atoms with E-state index in [1.807, 2.05) is 0 Å². The molecule has 1 aliphatic rings. The lowest BCUT2D eigenvalue weighted by molar-refractivity contribution is -0.141. The smallest absolute Gasteiger partial charge is 0.306 e. The molecule has 0 saturated heterocycles. The van der Waals surface area contributed by atoms with Crippen LogP contribution < -0.4 is 10.0 Å². The number of rotatable bonds is 8. The largest absolute Gasteiger partial charge is 0.481 e. The van der Waals surface area contributed by atoms with Crippen molar-refractivity contribution < 1.29 is 18.3 Å². The molecular weight excluding hydrogens is 292 g/mol. The number of aliphatic carboxylic acids is 1. The molecule has 0 heterocycles. The average Bonchev–Trinajstić information content (AvgIpc) is 3.22. The van der Waals surface area contributed by atoms with Gasteiger partial charge in [-0.25, -0.2) is 13.1 Å². The minimum absolute atomic E-state index is 0.0510. The molecule has 6 nitrogen and oxygen atoms in total. The van der Waals surface area contributed by atoms with E-state index in [2.05, 4.69) is 10.0 Å². The fourth-order valence-electron chi connectivity index (χ4n) is 1.88. The highest BCUT2D eigenvalue weighted by atomic mass is 32.2. The molecule has 1 aliphatic carbocycles. The van der Waals surface area contributed by atoms with E-state index in [1.165, 1.54) is 0 Å². The molecular formula is C14H20N2O4S. The van der Waals surface area contributed by atoms with E-state index < -0.39 is 21.9 Å². The molecule has 1 unspecified atom stereocenters. The van der Waals surface area contributed by atoms with Gasteiger partial charge in [-0.05, 0) is 31.4 Å². The molecule has 2 rings (SSSR count). The van der Waals surface area contributed by atoms with Crippen molar-refractivity contribution in [2.24, 2.45) is 5.92 Å². The Kier molecular flexibility index (Phi) is 4.84. The van der Waals surface area contributed by atoms with Crippen molar-refractivity contribution in [2.45, 2.75) is 37.1 Å². The Bertz CT molecular complexity index is 611. The van der Waals surface area contributed by atoms with Crippen molar-refractivity contribution in [3.63, 3.8) is 0 Å². The van der Waals surface area contributed by atoms with Gasteiger partial charge in [0.25, 0.3) is 0 Å². The molecule has 116 valence electrons. The van der Waals surface area contributed by atoms with E-state index in [9.17, 15) is 13.2 Å². The van der Waals surface area contributed by atoms with E-state index in [0.29, 0.717) is 18.7 Å². The number of carboxylic acids is 1. The van der Waals surface area contributed by atoms with Gasteiger partial charge in [-0.2, -0.15) is 0 Å². The number of hydrogen-bond donors (Lipinski definition) is 3. The van der Waals surface area contributed by atoms with E-state index in [-0.39, 0.29) is 10.9 Å². The Balaban J connectivity index is 2.04. The molecule has 1 aromatic carbocycles. The molecule has 1 fully saturated rings. The third-order valence-electron chi connectivity index (χ3n) is 3.39. The minimum Gasteiger partial charge on any atom is -0.481 e. The van der Waals surface area contributed by atoms with Gasteiger partial charge >= 0.3 is 5.97 Å². The van der Waals surface area contributed by atoms with Gasteiger partial charge in [0.1, 0.15) is 4.90 Å². The number of hydrogen-bond acceptors (Lipinski definition) is 4. The summed E-state index contributed by atoms with van der Waals surface area (Å²) in [5, 5.41) is 11.9. The second-order valence-corrected chi connectivity index (χ2v) is 7.03. The molecule has 1 atom stereocenters. The summed E-state index contributed by atoms with van der Waals surface area (Å²) in [5.74, 6) is -1.32. The van der Waals surface area contributed by atoms with E-state index >= 15 is 0 Å². The lowest BCUT2D eigenvalue weighted by Gasteiger charge is -2.14. The maximum absolute atomic E-state index is 12.3. The van der Waals surface area contributed by atoms with Crippen LogP contribution in [0.5, 0.6) is 0 Å². The van der Waals surface area contributed by atoms with Gasteiger partial charge in [-0.1, -0.05) is 19.1 Å². The summed E-state index contributed by atoms with van der Waals surface area (Å²) in [5.41, 5.74) is 0.503. The monoisotopic (exact) mass is 312 g/mol. The molecule has 0 aliphatic heterocycles. The predicted octanol–water partition coefficient (Wildman–Crippen LogP) is 1.65. The fraction of sp³-hybridized carbons (Fsp3) is 0.500. The number of carboxylic acid groups (broad SMARTS) is 1. The molecule has 0 amide bonds. The number of anilines is 1. The zero-order valence-corrected chi connectivity index (χ0v) is 12.7. The molecule has 0 aromatic heterocycles. The van der Waals surface area contributed by atoms with Crippen molar-refractivity contribution >= 4 is 21.7 Å². The number of sulfonamides is 1. The Labute approximate surface area is 124 Å². The number of nitrogens with one attached hydrogen (secondary N) is 2.